The van der Waals surface area contributed by atoms with Crippen LogP contribution in [-0.2, 0) is 0 Å². The summed E-state index contributed by atoms with van der Waals surface area (Å²) in [4.78, 5) is 3.93. The average molecular weight is 215 g/mol. The minimum Gasteiger partial charge on any atom is -0.494 e. The summed E-state index contributed by atoms with van der Waals surface area (Å²) in [5.41, 5.74) is 3.33. The fraction of sp³-hybridized carbons (Fsp3) is 0.222. The van der Waals surface area contributed by atoms with Gasteiger partial charge in [-0.1, -0.05) is 11.6 Å². The molecule has 1 aromatic carbocycles. The van der Waals surface area contributed by atoms with Gasteiger partial charge in [0, 0.05) is 11.1 Å². The Bertz CT molecular complexity index is 353. The van der Waals surface area contributed by atoms with E-state index in [-0.39, 0.29) is 0 Å². The van der Waals surface area contributed by atoms with Gasteiger partial charge in [0.25, 0.3) is 0 Å². The zero-order chi connectivity index (χ0) is 10.6. The Labute approximate surface area is 87.1 Å². The third-order valence-electron chi connectivity index (χ3n) is 1.72. The summed E-state index contributed by atoms with van der Waals surface area (Å²) in [5.74, 6) is 0.562. The molecule has 0 heterocycles. The molecule has 1 aromatic rings. The average Bonchev–Trinajstić information content (AvgIpc) is 2.19. The van der Waals surface area contributed by atoms with Crippen molar-refractivity contribution in [1.29, 1.82) is 0 Å². The van der Waals surface area contributed by atoms with Gasteiger partial charge in [-0.15, -0.1) is 0 Å². The first-order chi connectivity index (χ1) is 6.69. The van der Waals surface area contributed by atoms with E-state index >= 15 is 0 Å². The Balaban J connectivity index is 3.13. The van der Waals surface area contributed by atoms with Crippen LogP contribution in [0.3, 0.4) is 0 Å². The number of hydrogen-bond donors (Lipinski definition) is 2. The van der Waals surface area contributed by atoms with Crippen molar-refractivity contribution in [1.82, 2.24) is 5.48 Å². The molecule has 0 fully saturated rings. The topological polar surface area (TPSA) is 53.8 Å². The van der Waals surface area contributed by atoms with E-state index in [0.717, 1.165) is 11.9 Å². The van der Waals surface area contributed by atoms with Crippen molar-refractivity contribution in [3.05, 3.63) is 22.7 Å². The van der Waals surface area contributed by atoms with E-state index in [1.165, 1.54) is 7.11 Å². The molecule has 76 valence electrons. The summed E-state index contributed by atoms with van der Waals surface area (Å²) < 4.78 is 5.07. The van der Waals surface area contributed by atoms with E-state index in [9.17, 15) is 0 Å². The fourth-order valence-electron chi connectivity index (χ4n) is 1.01. The molecule has 0 aliphatic carbocycles. The van der Waals surface area contributed by atoms with Crippen LogP contribution >= 0.6 is 11.6 Å². The Kier molecular flexibility index (Phi) is 3.73. The number of aliphatic imine (C=N–C) groups is 1. The number of ether oxygens (including phenoxy) is 1. The molecule has 0 amide bonds. The number of methoxy groups -OCH3 is 1. The molecule has 0 saturated heterocycles. The third kappa shape index (κ3) is 2.37. The number of nitrogens with zero attached hydrogens (tertiary/aromatic N) is 1. The largest absolute Gasteiger partial charge is 0.494 e. The zero-order valence-corrected chi connectivity index (χ0v) is 8.67. The first kappa shape index (κ1) is 10.8. The molecule has 0 aliphatic heterocycles. The van der Waals surface area contributed by atoms with Crippen molar-refractivity contribution in [2.24, 2.45) is 4.99 Å². The molecule has 0 aliphatic rings. The van der Waals surface area contributed by atoms with Crippen molar-refractivity contribution < 1.29 is 9.94 Å². The quantitative estimate of drug-likeness (QED) is 0.461. The third-order valence-corrected chi connectivity index (χ3v) is 2.13. The van der Waals surface area contributed by atoms with Gasteiger partial charge in [0.1, 0.15) is 17.8 Å². The van der Waals surface area contributed by atoms with Crippen molar-refractivity contribution in [2.75, 3.05) is 7.11 Å². The van der Waals surface area contributed by atoms with Gasteiger partial charge in [0.2, 0.25) is 0 Å². The Morgan fingerprint density at radius 1 is 1.57 bits per heavy atom. The second-order valence-electron chi connectivity index (χ2n) is 2.66. The standard InChI is InChI=1S/C9H11ClN2O2/c1-6-3-8(11-5-12-13)9(14-2)4-7(6)10/h3-5,13H,1-2H3,(H,11,12). The monoisotopic (exact) mass is 214 g/mol. The van der Waals surface area contributed by atoms with Crippen LogP contribution in [0, 0.1) is 6.92 Å². The highest BCUT2D eigenvalue weighted by Gasteiger charge is 2.04. The summed E-state index contributed by atoms with van der Waals surface area (Å²) in [6.07, 6.45) is 1.16. The first-order valence-corrected chi connectivity index (χ1v) is 4.33. The summed E-state index contributed by atoms with van der Waals surface area (Å²) in [7, 11) is 1.53. The minimum atomic E-state index is 0.562. The fourth-order valence-corrected chi connectivity index (χ4v) is 1.16. The molecule has 0 unspecified atom stereocenters. The maximum Gasteiger partial charge on any atom is 0.146 e. The smallest absolute Gasteiger partial charge is 0.146 e. The molecule has 0 bridgehead atoms. The molecule has 0 spiro atoms. The van der Waals surface area contributed by atoms with E-state index in [2.05, 4.69) is 4.99 Å². The second-order valence-corrected chi connectivity index (χ2v) is 3.07. The van der Waals surface area contributed by atoms with E-state index in [4.69, 9.17) is 21.5 Å². The van der Waals surface area contributed by atoms with Crippen LogP contribution in [0.2, 0.25) is 5.02 Å². The summed E-state index contributed by atoms with van der Waals surface area (Å²) in [6, 6.07) is 3.45. The lowest BCUT2D eigenvalue weighted by atomic mass is 10.2. The van der Waals surface area contributed by atoms with Gasteiger partial charge in [0.15, 0.2) is 0 Å². The summed E-state index contributed by atoms with van der Waals surface area (Å²) in [6.45, 7) is 1.87. The lowest BCUT2D eigenvalue weighted by Crippen LogP contribution is -2.01. The lowest BCUT2D eigenvalue weighted by Gasteiger charge is -2.06. The Morgan fingerprint density at radius 3 is 2.86 bits per heavy atom. The highest BCUT2D eigenvalue weighted by molar-refractivity contribution is 6.31. The van der Waals surface area contributed by atoms with Gasteiger partial charge in [0.05, 0.1) is 7.11 Å². The molecule has 4 nitrogen and oxygen atoms in total. The molecule has 1 rings (SSSR count). The number of hydrogen-bond acceptors (Lipinski definition) is 3. The molecule has 0 aromatic heterocycles. The van der Waals surface area contributed by atoms with Gasteiger partial charge in [-0.25, -0.2) is 4.99 Å². The molecular weight excluding hydrogens is 204 g/mol. The van der Waals surface area contributed by atoms with Crippen LogP contribution < -0.4 is 10.2 Å². The Hall–Kier alpha value is -1.26. The molecule has 5 heteroatoms. The van der Waals surface area contributed by atoms with E-state index in [1.54, 1.807) is 12.1 Å². The van der Waals surface area contributed by atoms with Crippen LogP contribution in [0.5, 0.6) is 5.75 Å². The number of nitrogens with one attached hydrogen (secondary N) is 1. The second kappa shape index (κ2) is 4.83. The highest BCUT2D eigenvalue weighted by atomic mass is 35.5. The molecule has 0 atom stereocenters. The number of benzene rings is 1. The normalized spacial score (nSPS) is 10.6. The van der Waals surface area contributed by atoms with Gasteiger partial charge < -0.3 is 4.74 Å². The molecule has 2 N–H and O–H groups in total. The maximum absolute atomic E-state index is 8.35. The number of aryl methyl sites for hydroxylation is 1. The van der Waals surface area contributed by atoms with Gasteiger partial charge in [-0.05, 0) is 18.6 Å². The lowest BCUT2D eigenvalue weighted by molar-refractivity contribution is 0.240. The van der Waals surface area contributed by atoms with Crippen LogP contribution in [0.15, 0.2) is 17.1 Å². The number of rotatable bonds is 3. The van der Waals surface area contributed by atoms with Crippen molar-refractivity contribution in [3.63, 3.8) is 0 Å². The van der Waals surface area contributed by atoms with Crippen molar-refractivity contribution >= 4 is 23.6 Å². The number of halogens is 1. The van der Waals surface area contributed by atoms with Gasteiger partial charge in [-0.2, -0.15) is 0 Å². The van der Waals surface area contributed by atoms with E-state index < -0.39 is 0 Å². The predicted octanol–water partition coefficient (Wildman–Crippen LogP) is 2.30. The predicted molar refractivity (Wildman–Crippen MR) is 55.8 cm³/mol. The molecular formula is C9H11ClN2O2. The van der Waals surface area contributed by atoms with Gasteiger partial charge in [-0.3, -0.25) is 10.7 Å². The van der Waals surface area contributed by atoms with E-state index in [0.29, 0.717) is 16.5 Å². The van der Waals surface area contributed by atoms with Crippen LogP contribution in [-0.4, -0.2) is 18.7 Å². The summed E-state index contributed by atoms with van der Waals surface area (Å²) in [5, 5.41) is 8.97. The minimum absolute atomic E-state index is 0.562. The molecule has 14 heavy (non-hydrogen) atoms. The molecule has 0 radical (unpaired) electrons. The van der Waals surface area contributed by atoms with Crippen LogP contribution in [0.1, 0.15) is 5.56 Å². The first-order valence-electron chi connectivity index (χ1n) is 3.95. The Morgan fingerprint density at radius 2 is 2.29 bits per heavy atom. The van der Waals surface area contributed by atoms with Crippen molar-refractivity contribution in [2.45, 2.75) is 6.92 Å². The van der Waals surface area contributed by atoms with Crippen molar-refractivity contribution in [3.8, 4) is 5.75 Å². The van der Waals surface area contributed by atoms with Crippen LogP contribution in [0.4, 0.5) is 5.69 Å². The highest BCUT2D eigenvalue weighted by Crippen LogP contribution is 2.32. The maximum atomic E-state index is 8.35. The SMILES string of the molecule is COc1cc(Cl)c(C)cc1N=CNO. The van der Waals surface area contributed by atoms with Crippen LogP contribution in [0.25, 0.3) is 0 Å². The number of hydroxylamine groups is 1. The van der Waals surface area contributed by atoms with E-state index in [1.807, 2.05) is 12.4 Å². The summed E-state index contributed by atoms with van der Waals surface area (Å²) >= 11 is 5.90. The zero-order valence-electron chi connectivity index (χ0n) is 7.91. The molecule has 0 saturated carbocycles. The van der Waals surface area contributed by atoms with Gasteiger partial charge >= 0.3 is 0 Å².